The maximum atomic E-state index is 13.1. The average molecular weight is 486 g/mol. The number of amides is 1. The first kappa shape index (κ1) is 21.5. The van der Waals surface area contributed by atoms with Crippen LogP contribution >= 0.6 is 35.0 Å². The van der Waals surface area contributed by atoms with Gasteiger partial charge in [0.1, 0.15) is 5.03 Å². The number of aryl methyl sites for hydroxylation is 1. The molecule has 1 aliphatic carbocycles. The van der Waals surface area contributed by atoms with Gasteiger partial charge in [-0.15, -0.1) is 0 Å². The minimum Gasteiger partial charge on any atom is -0.324 e. The molecule has 1 amide bonds. The highest BCUT2D eigenvalue weighted by Gasteiger charge is 2.30. The fraction of sp³-hybridized carbons (Fsp3) is 0.261. The van der Waals surface area contributed by atoms with E-state index in [1.54, 1.807) is 29.3 Å². The molecular formula is C23H21Cl2N5OS. The smallest absolute Gasteiger partial charge is 0.263 e. The van der Waals surface area contributed by atoms with E-state index in [2.05, 4.69) is 38.8 Å². The third-order valence-corrected chi connectivity index (χ3v) is 7.45. The van der Waals surface area contributed by atoms with E-state index < -0.39 is 0 Å². The number of halogens is 2. The Balaban J connectivity index is 1.36. The first-order valence-electron chi connectivity index (χ1n) is 10.4. The lowest BCUT2D eigenvalue weighted by Crippen LogP contribution is -2.35. The van der Waals surface area contributed by atoms with E-state index in [0.717, 1.165) is 24.9 Å². The van der Waals surface area contributed by atoms with E-state index in [0.29, 0.717) is 44.2 Å². The van der Waals surface area contributed by atoms with Crippen LogP contribution in [0.1, 0.15) is 27.9 Å². The summed E-state index contributed by atoms with van der Waals surface area (Å²) in [5.41, 5.74) is 4.63. The Hall–Kier alpha value is -2.32. The molecule has 9 heteroatoms. The van der Waals surface area contributed by atoms with Gasteiger partial charge in [-0.25, -0.2) is 9.97 Å². The molecule has 1 atom stereocenters. The lowest BCUT2D eigenvalue weighted by atomic mass is 9.88. The Morgan fingerprint density at radius 3 is 2.75 bits per heavy atom. The van der Waals surface area contributed by atoms with Crippen LogP contribution in [0.3, 0.4) is 0 Å². The van der Waals surface area contributed by atoms with Crippen molar-refractivity contribution >= 4 is 58.2 Å². The fourth-order valence-electron chi connectivity index (χ4n) is 4.13. The van der Waals surface area contributed by atoms with Gasteiger partial charge in [0.2, 0.25) is 5.95 Å². The quantitative estimate of drug-likeness (QED) is 0.487. The zero-order valence-corrected chi connectivity index (χ0v) is 19.7. The summed E-state index contributed by atoms with van der Waals surface area (Å²) in [5, 5.41) is 8.16. The van der Waals surface area contributed by atoms with E-state index in [1.165, 1.54) is 22.9 Å². The number of likely N-dealkylation sites (N-methyl/N-ethyl adjacent to an activating group) is 1. The highest BCUT2D eigenvalue weighted by molar-refractivity contribution is 7.99. The van der Waals surface area contributed by atoms with Crippen LogP contribution in [0.4, 0.5) is 17.3 Å². The second-order valence-corrected chi connectivity index (χ2v) is 9.57. The minimum absolute atomic E-state index is 0.215. The summed E-state index contributed by atoms with van der Waals surface area (Å²) in [6, 6.07) is 12.1. The van der Waals surface area contributed by atoms with Gasteiger partial charge in [0.05, 0.1) is 27.2 Å². The number of thioether (sulfide) groups is 1. The number of aromatic nitrogens is 2. The summed E-state index contributed by atoms with van der Waals surface area (Å²) in [6.07, 6.45) is 4.79. The predicted molar refractivity (Wildman–Crippen MR) is 131 cm³/mol. The van der Waals surface area contributed by atoms with Crippen LogP contribution in [0.2, 0.25) is 10.0 Å². The van der Waals surface area contributed by atoms with E-state index in [1.807, 2.05) is 7.05 Å². The molecule has 2 aromatic carbocycles. The molecule has 0 saturated carbocycles. The molecule has 2 N–H and O–H groups in total. The van der Waals surface area contributed by atoms with E-state index in [-0.39, 0.29) is 5.91 Å². The third-order valence-electron chi connectivity index (χ3n) is 5.87. The molecule has 6 nitrogen and oxygen atoms in total. The second kappa shape index (κ2) is 8.90. The van der Waals surface area contributed by atoms with Crippen LogP contribution in [0.15, 0.2) is 47.6 Å². The van der Waals surface area contributed by atoms with E-state index in [9.17, 15) is 4.79 Å². The normalized spacial score (nSPS) is 17.7. The molecule has 0 radical (unpaired) electrons. The topological polar surface area (TPSA) is 70.2 Å². The van der Waals surface area contributed by atoms with Crippen molar-refractivity contribution in [1.29, 1.82) is 0 Å². The van der Waals surface area contributed by atoms with Crippen LogP contribution in [0.25, 0.3) is 0 Å². The number of benzene rings is 2. The first-order valence-corrected chi connectivity index (χ1v) is 12.1. The lowest BCUT2D eigenvalue weighted by molar-refractivity contribution is 0.0985. The summed E-state index contributed by atoms with van der Waals surface area (Å²) >= 11 is 14.1. The molecular weight excluding hydrogens is 465 g/mol. The molecule has 164 valence electrons. The molecule has 5 rings (SSSR count). The average Bonchev–Trinajstić information content (AvgIpc) is 2.80. The summed E-state index contributed by atoms with van der Waals surface area (Å²) in [7, 11) is 2.02. The Morgan fingerprint density at radius 2 is 1.97 bits per heavy atom. The van der Waals surface area contributed by atoms with Crippen molar-refractivity contribution in [2.75, 3.05) is 23.1 Å². The van der Waals surface area contributed by atoms with Gasteiger partial charge in [0.25, 0.3) is 5.91 Å². The fourth-order valence-corrected chi connectivity index (χ4v) is 5.68. The molecule has 32 heavy (non-hydrogen) atoms. The number of nitrogens with zero attached hydrogens (tertiary/aromatic N) is 3. The van der Waals surface area contributed by atoms with Crippen LogP contribution in [-0.4, -0.2) is 34.8 Å². The maximum absolute atomic E-state index is 13.1. The van der Waals surface area contributed by atoms with Crippen molar-refractivity contribution < 1.29 is 4.79 Å². The summed E-state index contributed by atoms with van der Waals surface area (Å²) < 4.78 is 0. The molecule has 2 heterocycles. The number of para-hydroxylation sites is 1. The van der Waals surface area contributed by atoms with Crippen molar-refractivity contribution in [2.24, 2.45) is 0 Å². The van der Waals surface area contributed by atoms with Gasteiger partial charge in [-0.05, 0) is 61.7 Å². The number of nitrogens with one attached hydrogen (secondary N) is 2. The van der Waals surface area contributed by atoms with Gasteiger partial charge < -0.3 is 10.6 Å². The zero-order valence-electron chi connectivity index (χ0n) is 17.4. The van der Waals surface area contributed by atoms with E-state index in [4.69, 9.17) is 23.2 Å². The Kier molecular flexibility index (Phi) is 5.99. The number of carbonyl (C=O) groups is 1. The summed E-state index contributed by atoms with van der Waals surface area (Å²) in [4.78, 5) is 23.6. The molecule has 2 aliphatic rings. The van der Waals surface area contributed by atoms with Crippen molar-refractivity contribution in [1.82, 2.24) is 15.3 Å². The highest BCUT2D eigenvalue weighted by Crippen LogP contribution is 2.39. The van der Waals surface area contributed by atoms with Gasteiger partial charge in [-0.3, -0.25) is 9.69 Å². The van der Waals surface area contributed by atoms with Crippen molar-refractivity contribution in [2.45, 2.75) is 30.3 Å². The largest absolute Gasteiger partial charge is 0.324 e. The number of hydrogen-bond acceptors (Lipinski definition) is 6. The Labute approximate surface area is 200 Å². The Bertz CT molecular complexity index is 1180. The number of rotatable bonds is 4. The number of fused-ring (bicyclic) bond motifs is 2. The third kappa shape index (κ3) is 4.06. The molecule has 0 fully saturated rings. The van der Waals surface area contributed by atoms with Crippen molar-refractivity contribution in [3.05, 3.63) is 69.3 Å². The molecule has 1 aromatic heterocycles. The van der Waals surface area contributed by atoms with Crippen LogP contribution in [-0.2, 0) is 12.8 Å². The SMILES string of the molecule is CNC1CCc2cc(Nc3ncc4c(n3)SCN(c3c(Cl)cccc3Cl)C4=O)ccc2C1. The predicted octanol–water partition coefficient (Wildman–Crippen LogP) is 5.31. The minimum atomic E-state index is -0.215. The standard InChI is InChI=1S/C23H21Cl2N5OS/c1-26-15-7-5-14-10-16(8-6-13(14)9-15)28-23-27-11-17-21(29-23)32-12-30(22(17)31)20-18(24)3-2-4-19(20)25/h2-4,6,8,10-11,15,26H,5,7,9,12H2,1H3,(H,27,28,29). The van der Waals surface area contributed by atoms with Crippen molar-refractivity contribution in [3.63, 3.8) is 0 Å². The van der Waals surface area contributed by atoms with Crippen molar-refractivity contribution in [3.8, 4) is 0 Å². The number of carbonyl (C=O) groups excluding carboxylic acids is 1. The van der Waals surface area contributed by atoms with Gasteiger partial charge in [-0.1, -0.05) is 47.1 Å². The summed E-state index contributed by atoms with van der Waals surface area (Å²) in [6.45, 7) is 0. The monoisotopic (exact) mass is 485 g/mol. The molecule has 0 spiro atoms. The summed E-state index contributed by atoms with van der Waals surface area (Å²) in [5.74, 6) is 0.627. The first-order chi connectivity index (χ1) is 15.5. The highest BCUT2D eigenvalue weighted by atomic mass is 35.5. The zero-order chi connectivity index (χ0) is 22.2. The second-order valence-electron chi connectivity index (χ2n) is 7.83. The van der Waals surface area contributed by atoms with Gasteiger partial charge in [0, 0.05) is 17.9 Å². The molecule has 0 bridgehead atoms. The molecule has 1 aliphatic heterocycles. The Morgan fingerprint density at radius 1 is 1.16 bits per heavy atom. The van der Waals surface area contributed by atoms with Gasteiger partial charge in [-0.2, -0.15) is 0 Å². The lowest BCUT2D eigenvalue weighted by Gasteiger charge is -2.28. The molecule has 3 aromatic rings. The van der Waals surface area contributed by atoms with Gasteiger partial charge >= 0.3 is 0 Å². The molecule has 1 unspecified atom stereocenters. The van der Waals surface area contributed by atoms with Crippen LogP contribution < -0.4 is 15.5 Å². The van der Waals surface area contributed by atoms with E-state index >= 15 is 0 Å². The number of anilines is 3. The van der Waals surface area contributed by atoms with Crippen LogP contribution in [0.5, 0.6) is 0 Å². The maximum Gasteiger partial charge on any atom is 0.263 e. The molecule has 0 saturated heterocycles. The number of hydrogen-bond donors (Lipinski definition) is 2. The van der Waals surface area contributed by atoms with Crippen LogP contribution in [0, 0.1) is 0 Å². The van der Waals surface area contributed by atoms with Gasteiger partial charge in [0.15, 0.2) is 0 Å².